The molecule has 7 heteroatoms. The van der Waals surface area contributed by atoms with Crippen LogP contribution >= 0.6 is 0 Å². The molecule has 2 fully saturated rings. The standard InChI is InChI=1S/C18H26N6O/c19-17(25)14-4-3-5-15-16(14)21-18(23-10-6-20-7-11-23)24(15)13-12-22-8-1-2-9-22/h3-5,20H,1-2,6-13H2,(H2,19,25). The Bertz CT molecular complexity index is 758. The van der Waals surface area contributed by atoms with Gasteiger partial charge in [0.1, 0.15) is 5.52 Å². The van der Waals surface area contributed by atoms with Crippen LogP contribution in [0.1, 0.15) is 23.2 Å². The van der Waals surface area contributed by atoms with Gasteiger partial charge in [-0.15, -0.1) is 0 Å². The molecule has 2 aromatic rings. The second kappa shape index (κ2) is 7.01. The number of para-hydroxylation sites is 1. The van der Waals surface area contributed by atoms with Gasteiger partial charge in [-0.05, 0) is 38.1 Å². The summed E-state index contributed by atoms with van der Waals surface area (Å²) in [6, 6.07) is 5.71. The number of hydrogen-bond acceptors (Lipinski definition) is 5. The molecule has 0 radical (unpaired) electrons. The Balaban J connectivity index is 1.72. The van der Waals surface area contributed by atoms with Crippen molar-refractivity contribution in [2.75, 3.05) is 50.7 Å². The molecule has 3 N–H and O–H groups in total. The molecule has 1 amide bonds. The van der Waals surface area contributed by atoms with Crippen molar-refractivity contribution >= 4 is 22.9 Å². The molecule has 1 aromatic carbocycles. The Kier molecular flexibility index (Phi) is 4.59. The van der Waals surface area contributed by atoms with Crippen LogP contribution in [0.2, 0.25) is 0 Å². The first-order valence-corrected chi connectivity index (χ1v) is 9.21. The number of nitrogens with zero attached hydrogens (tertiary/aromatic N) is 4. The molecule has 0 unspecified atom stereocenters. The van der Waals surface area contributed by atoms with E-state index in [-0.39, 0.29) is 0 Å². The van der Waals surface area contributed by atoms with Gasteiger partial charge in [0, 0.05) is 39.3 Å². The first-order chi connectivity index (χ1) is 12.2. The van der Waals surface area contributed by atoms with Crippen LogP contribution in [0.25, 0.3) is 11.0 Å². The largest absolute Gasteiger partial charge is 0.366 e. The number of hydrogen-bond donors (Lipinski definition) is 2. The average molecular weight is 342 g/mol. The molecular weight excluding hydrogens is 316 g/mol. The monoisotopic (exact) mass is 342 g/mol. The molecule has 0 atom stereocenters. The molecular formula is C18H26N6O. The number of likely N-dealkylation sites (tertiary alicyclic amines) is 1. The van der Waals surface area contributed by atoms with E-state index in [1.165, 1.54) is 25.9 Å². The fraction of sp³-hybridized carbons (Fsp3) is 0.556. The van der Waals surface area contributed by atoms with Crippen LogP contribution in [-0.4, -0.2) is 66.2 Å². The summed E-state index contributed by atoms with van der Waals surface area (Å²) in [4.78, 5) is 21.5. The minimum atomic E-state index is -0.415. The SMILES string of the molecule is NC(=O)c1cccc2c1nc(N1CCNCC1)n2CCN1CCCC1. The number of rotatable bonds is 5. The Hall–Kier alpha value is -2.12. The molecule has 1 aromatic heterocycles. The van der Waals surface area contributed by atoms with Gasteiger partial charge in [-0.2, -0.15) is 0 Å². The Morgan fingerprint density at radius 3 is 2.60 bits per heavy atom. The smallest absolute Gasteiger partial charge is 0.250 e. The van der Waals surface area contributed by atoms with Crippen molar-refractivity contribution in [2.45, 2.75) is 19.4 Å². The molecule has 2 aliphatic rings. The zero-order chi connectivity index (χ0) is 17.2. The number of carbonyl (C=O) groups excluding carboxylic acids is 1. The number of primary amides is 1. The summed E-state index contributed by atoms with van der Waals surface area (Å²) in [5, 5.41) is 3.38. The fourth-order valence-corrected chi connectivity index (χ4v) is 3.91. The molecule has 0 bridgehead atoms. The lowest BCUT2D eigenvalue weighted by atomic mass is 10.2. The van der Waals surface area contributed by atoms with Gasteiger partial charge in [0.05, 0.1) is 11.1 Å². The second-order valence-corrected chi connectivity index (χ2v) is 6.89. The number of benzene rings is 1. The van der Waals surface area contributed by atoms with Crippen molar-refractivity contribution in [3.8, 4) is 0 Å². The summed E-state index contributed by atoms with van der Waals surface area (Å²) in [6.45, 7) is 8.04. The summed E-state index contributed by atoms with van der Waals surface area (Å²) in [6.07, 6.45) is 2.59. The quantitative estimate of drug-likeness (QED) is 0.834. The van der Waals surface area contributed by atoms with Crippen LogP contribution in [0.15, 0.2) is 18.2 Å². The number of imidazole rings is 1. The maximum atomic E-state index is 11.8. The molecule has 2 aliphatic heterocycles. The van der Waals surface area contributed by atoms with E-state index < -0.39 is 5.91 Å². The van der Waals surface area contributed by atoms with Gasteiger partial charge in [0.15, 0.2) is 0 Å². The third-order valence-corrected chi connectivity index (χ3v) is 5.26. The van der Waals surface area contributed by atoms with E-state index in [1.807, 2.05) is 12.1 Å². The van der Waals surface area contributed by atoms with Gasteiger partial charge in [-0.3, -0.25) is 4.79 Å². The zero-order valence-electron chi connectivity index (χ0n) is 14.6. The predicted molar refractivity (Wildman–Crippen MR) is 99.0 cm³/mol. The third-order valence-electron chi connectivity index (χ3n) is 5.26. The lowest BCUT2D eigenvalue weighted by Crippen LogP contribution is -2.44. The van der Waals surface area contributed by atoms with E-state index in [0.717, 1.165) is 56.3 Å². The lowest BCUT2D eigenvalue weighted by molar-refractivity contribution is 0.100. The lowest BCUT2D eigenvalue weighted by Gasteiger charge is -2.29. The fourth-order valence-electron chi connectivity index (χ4n) is 3.91. The van der Waals surface area contributed by atoms with E-state index in [0.29, 0.717) is 5.56 Å². The van der Waals surface area contributed by atoms with Crippen LogP contribution in [0.5, 0.6) is 0 Å². The minimum Gasteiger partial charge on any atom is -0.366 e. The Labute approximate surface area is 147 Å². The van der Waals surface area contributed by atoms with E-state index >= 15 is 0 Å². The highest BCUT2D eigenvalue weighted by molar-refractivity contribution is 6.04. The van der Waals surface area contributed by atoms with Crippen molar-refractivity contribution in [1.82, 2.24) is 19.8 Å². The number of nitrogens with one attached hydrogen (secondary N) is 1. The summed E-state index contributed by atoms with van der Waals surface area (Å²) >= 11 is 0. The van der Waals surface area contributed by atoms with Crippen LogP contribution in [0.4, 0.5) is 5.95 Å². The molecule has 4 rings (SSSR count). The van der Waals surface area contributed by atoms with Crippen LogP contribution in [0, 0.1) is 0 Å². The third kappa shape index (κ3) is 3.21. The van der Waals surface area contributed by atoms with Crippen molar-refractivity contribution in [3.05, 3.63) is 23.8 Å². The Morgan fingerprint density at radius 1 is 1.12 bits per heavy atom. The van der Waals surface area contributed by atoms with Gasteiger partial charge in [-0.25, -0.2) is 4.98 Å². The molecule has 0 aliphatic carbocycles. The molecule has 134 valence electrons. The van der Waals surface area contributed by atoms with Crippen molar-refractivity contribution in [2.24, 2.45) is 5.73 Å². The topological polar surface area (TPSA) is 79.4 Å². The minimum absolute atomic E-state index is 0.415. The number of nitrogens with two attached hydrogens (primary N) is 1. The van der Waals surface area contributed by atoms with Gasteiger partial charge >= 0.3 is 0 Å². The van der Waals surface area contributed by atoms with Crippen LogP contribution in [-0.2, 0) is 6.54 Å². The second-order valence-electron chi connectivity index (χ2n) is 6.89. The number of amides is 1. The van der Waals surface area contributed by atoms with E-state index in [2.05, 4.69) is 19.7 Å². The highest BCUT2D eigenvalue weighted by Gasteiger charge is 2.22. The maximum Gasteiger partial charge on any atom is 0.250 e. The predicted octanol–water partition coefficient (Wildman–Crippen LogP) is 0.641. The first-order valence-electron chi connectivity index (χ1n) is 9.21. The summed E-state index contributed by atoms with van der Waals surface area (Å²) in [5.41, 5.74) is 7.81. The summed E-state index contributed by atoms with van der Waals surface area (Å²) < 4.78 is 2.27. The zero-order valence-corrected chi connectivity index (χ0v) is 14.6. The number of carbonyl (C=O) groups is 1. The molecule has 7 nitrogen and oxygen atoms in total. The number of aromatic nitrogens is 2. The molecule has 0 saturated carbocycles. The van der Waals surface area contributed by atoms with Crippen molar-refractivity contribution < 1.29 is 4.79 Å². The van der Waals surface area contributed by atoms with Gasteiger partial charge < -0.3 is 25.4 Å². The maximum absolute atomic E-state index is 11.8. The van der Waals surface area contributed by atoms with Gasteiger partial charge in [-0.1, -0.05) is 6.07 Å². The number of anilines is 1. The molecule has 2 saturated heterocycles. The molecule has 25 heavy (non-hydrogen) atoms. The average Bonchev–Trinajstić information content (AvgIpc) is 3.27. The summed E-state index contributed by atoms with van der Waals surface area (Å²) in [5.74, 6) is 0.547. The molecule has 3 heterocycles. The van der Waals surface area contributed by atoms with E-state index in [1.54, 1.807) is 6.07 Å². The van der Waals surface area contributed by atoms with Crippen molar-refractivity contribution in [1.29, 1.82) is 0 Å². The molecule has 0 spiro atoms. The van der Waals surface area contributed by atoms with Crippen LogP contribution < -0.4 is 16.0 Å². The van der Waals surface area contributed by atoms with Crippen molar-refractivity contribution in [3.63, 3.8) is 0 Å². The normalized spacial score (nSPS) is 19.0. The summed E-state index contributed by atoms with van der Waals surface area (Å²) in [7, 11) is 0. The Morgan fingerprint density at radius 2 is 1.88 bits per heavy atom. The first kappa shape index (κ1) is 16.4. The van der Waals surface area contributed by atoms with E-state index in [9.17, 15) is 4.79 Å². The van der Waals surface area contributed by atoms with Gasteiger partial charge in [0.2, 0.25) is 5.95 Å². The highest BCUT2D eigenvalue weighted by atomic mass is 16.1. The number of piperazine rings is 1. The number of fused-ring (bicyclic) bond motifs is 1. The van der Waals surface area contributed by atoms with Gasteiger partial charge in [0.25, 0.3) is 5.91 Å². The van der Waals surface area contributed by atoms with Crippen LogP contribution in [0.3, 0.4) is 0 Å². The highest BCUT2D eigenvalue weighted by Crippen LogP contribution is 2.26. The van der Waals surface area contributed by atoms with E-state index in [4.69, 9.17) is 10.7 Å².